The molecule has 1 heterocycles. The summed E-state index contributed by atoms with van der Waals surface area (Å²) in [6.45, 7) is 0.576. The second-order valence-corrected chi connectivity index (χ2v) is 8.91. The van der Waals surface area contributed by atoms with Gasteiger partial charge in [-0.3, -0.25) is 19.9 Å². The van der Waals surface area contributed by atoms with Crippen LogP contribution in [0, 0.1) is 11.8 Å². The maximum absolute atomic E-state index is 12.4. The van der Waals surface area contributed by atoms with Crippen LogP contribution in [0.25, 0.3) is 11.1 Å². The lowest BCUT2D eigenvalue weighted by molar-refractivity contribution is -0.139. The van der Waals surface area contributed by atoms with E-state index in [0.717, 1.165) is 11.1 Å². The molecule has 5 rings (SSSR count). The number of ether oxygens (including phenoxy) is 1. The highest BCUT2D eigenvalue weighted by atomic mass is 16.5. The van der Waals surface area contributed by atoms with Gasteiger partial charge < -0.3 is 15.2 Å². The maximum atomic E-state index is 12.4. The number of amides is 2. The van der Waals surface area contributed by atoms with Crippen molar-refractivity contribution in [3.05, 3.63) is 83.7 Å². The van der Waals surface area contributed by atoms with Gasteiger partial charge in [0.25, 0.3) is 0 Å². The number of fused-ring (bicyclic) bond motifs is 3. The molecule has 178 valence electrons. The van der Waals surface area contributed by atoms with Gasteiger partial charge in [-0.2, -0.15) is 0 Å². The van der Waals surface area contributed by atoms with E-state index in [0.29, 0.717) is 24.3 Å². The molecule has 0 saturated heterocycles. The van der Waals surface area contributed by atoms with Crippen molar-refractivity contribution in [3.8, 4) is 11.1 Å². The zero-order valence-electron chi connectivity index (χ0n) is 18.9. The van der Waals surface area contributed by atoms with Crippen LogP contribution >= 0.6 is 0 Å². The number of benzene rings is 2. The number of carboxylic acids is 1. The average molecular weight is 472 g/mol. The van der Waals surface area contributed by atoms with E-state index in [4.69, 9.17) is 9.84 Å². The Morgan fingerprint density at radius 2 is 1.66 bits per heavy atom. The number of nitrogens with one attached hydrogen (secondary N) is 2. The minimum Gasteiger partial charge on any atom is -0.481 e. The quantitative estimate of drug-likeness (QED) is 0.460. The largest absolute Gasteiger partial charge is 0.481 e. The summed E-state index contributed by atoms with van der Waals surface area (Å²) in [5, 5.41) is 14.3. The number of aromatic nitrogens is 1. The summed E-state index contributed by atoms with van der Waals surface area (Å²) in [4.78, 5) is 39.6. The lowest BCUT2D eigenvalue weighted by Gasteiger charge is -2.14. The highest BCUT2D eigenvalue weighted by molar-refractivity contribution is 5.85. The fourth-order valence-corrected chi connectivity index (χ4v) is 4.60. The first-order valence-electron chi connectivity index (χ1n) is 11.6. The standard InChI is InChI=1S/C27H25N3O5/c31-25(29-13-16-11-23(16)26(32)33)12-17-9-10-18(14-28-17)30-27(34)35-15-24-21-7-3-1-5-19(21)20-6-2-4-8-22(20)24/h1-10,14,16,23-24H,11-13,15H2,(H,29,31)(H,30,34)(H,32,33)/t16-,23-/m1/s1. The van der Waals surface area contributed by atoms with Gasteiger partial charge in [0.05, 0.1) is 24.2 Å². The number of aliphatic carboxylic acids is 1. The summed E-state index contributed by atoms with van der Waals surface area (Å²) in [5.41, 5.74) is 5.64. The number of rotatable bonds is 8. The minimum absolute atomic E-state index is 0.00758. The summed E-state index contributed by atoms with van der Waals surface area (Å²) < 4.78 is 5.54. The Labute approximate surface area is 202 Å². The lowest BCUT2D eigenvalue weighted by atomic mass is 9.98. The van der Waals surface area contributed by atoms with Crippen molar-refractivity contribution >= 4 is 23.7 Å². The number of nitrogens with zero attached hydrogens (tertiary/aromatic N) is 1. The molecule has 3 aromatic rings. The van der Waals surface area contributed by atoms with Crippen LogP contribution in [0.2, 0.25) is 0 Å². The van der Waals surface area contributed by atoms with E-state index in [9.17, 15) is 14.4 Å². The predicted molar refractivity (Wildman–Crippen MR) is 129 cm³/mol. The van der Waals surface area contributed by atoms with Gasteiger partial charge in [-0.05, 0) is 46.7 Å². The number of carboxylic acid groups (broad SMARTS) is 1. The molecule has 8 nitrogen and oxygen atoms in total. The van der Waals surface area contributed by atoms with E-state index in [1.807, 2.05) is 24.3 Å². The molecule has 2 aliphatic rings. The Hall–Kier alpha value is -4.20. The van der Waals surface area contributed by atoms with Crippen molar-refractivity contribution in [3.63, 3.8) is 0 Å². The van der Waals surface area contributed by atoms with Crippen molar-refractivity contribution in [2.45, 2.75) is 18.8 Å². The van der Waals surface area contributed by atoms with Crippen LogP contribution < -0.4 is 10.6 Å². The maximum Gasteiger partial charge on any atom is 0.411 e. The van der Waals surface area contributed by atoms with Crippen LogP contribution in [0.3, 0.4) is 0 Å². The first-order valence-corrected chi connectivity index (χ1v) is 11.6. The highest BCUT2D eigenvalue weighted by Gasteiger charge is 2.42. The van der Waals surface area contributed by atoms with Crippen LogP contribution in [0.1, 0.15) is 29.2 Å². The third kappa shape index (κ3) is 5.01. The number of hydrogen-bond donors (Lipinski definition) is 3. The van der Waals surface area contributed by atoms with Crippen molar-refractivity contribution < 1.29 is 24.2 Å². The SMILES string of the molecule is O=C(Cc1ccc(NC(=O)OCC2c3ccccc3-c3ccccc32)cn1)NC[C@H]1C[C@H]1C(=O)O. The lowest BCUT2D eigenvalue weighted by Crippen LogP contribution is -2.28. The Morgan fingerprint density at radius 1 is 0.971 bits per heavy atom. The molecule has 0 spiro atoms. The molecular weight excluding hydrogens is 446 g/mol. The Morgan fingerprint density at radius 3 is 2.26 bits per heavy atom. The van der Waals surface area contributed by atoms with Crippen molar-refractivity contribution in [2.75, 3.05) is 18.5 Å². The number of carbonyl (C=O) groups is 3. The summed E-state index contributed by atoms with van der Waals surface area (Å²) >= 11 is 0. The van der Waals surface area contributed by atoms with Gasteiger partial charge in [0.15, 0.2) is 0 Å². The van der Waals surface area contributed by atoms with Gasteiger partial charge in [-0.1, -0.05) is 48.5 Å². The number of anilines is 1. The molecule has 0 unspecified atom stereocenters. The first kappa shape index (κ1) is 22.6. The summed E-state index contributed by atoms with van der Waals surface area (Å²) in [5.74, 6) is -1.39. The smallest absolute Gasteiger partial charge is 0.411 e. The van der Waals surface area contributed by atoms with Crippen molar-refractivity contribution in [2.24, 2.45) is 11.8 Å². The fraction of sp³-hybridized carbons (Fsp3) is 0.259. The predicted octanol–water partition coefficient (Wildman–Crippen LogP) is 3.82. The van der Waals surface area contributed by atoms with E-state index in [-0.39, 0.29) is 36.7 Å². The molecule has 8 heteroatoms. The van der Waals surface area contributed by atoms with Gasteiger partial charge >= 0.3 is 12.1 Å². The normalized spacial score (nSPS) is 17.7. The molecule has 0 bridgehead atoms. The molecule has 35 heavy (non-hydrogen) atoms. The summed E-state index contributed by atoms with van der Waals surface area (Å²) in [6.07, 6.45) is 1.59. The van der Waals surface area contributed by atoms with Gasteiger partial charge in [0.2, 0.25) is 5.91 Å². The van der Waals surface area contributed by atoms with E-state index in [1.165, 1.54) is 17.3 Å². The van der Waals surface area contributed by atoms with E-state index < -0.39 is 12.1 Å². The molecule has 1 aromatic heterocycles. The first-order chi connectivity index (χ1) is 17.0. The third-order valence-corrected chi connectivity index (χ3v) is 6.56. The van der Waals surface area contributed by atoms with Crippen molar-refractivity contribution in [1.82, 2.24) is 10.3 Å². The molecular formula is C27H25N3O5. The molecule has 1 saturated carbocycles. The zero-order chi connectivity index (χ0) is 24.4. The van der Waals surface area contributed by atoms with Gasteiger partial charge in [0, 0.05) is 18.2 Å². The Bertz CT molecular complexity index is 1230. The number of carbonyl (C=O) groups excluding carboxylic acids is 2. The topological polar surface area (TPSA) is 118 Å². The average Bonchev–Trinajstić information content (AvgIpc) is 3.58. The molecule has 2 amide bonds. The van der Waals surface area contributed by atoms with Crippen LogP contribution in [0.5, 0.6) is 0 Å². The van der Waals surface area contributed by atoms with Crippen molar-refractivity contribution in [1.29, 1.82) is 0 Å². The number of hydrogen-bond acceptors (Lipinski definition) is 5. The van der Waals surface area contributed by atoms with Gasteiger partial charge in [-0.25, -0.2) is 4.79 Å². The van der Waals surface area contributed by atoms with E-state index in [1.54, 1.807) is 12.1 Å². The molecule has 1 fully saturated rings. The summed E-state index contributed by atoms with van der Waals surface area (Å²) in [6, 6.07) is 19.6. The zero-order valence-corrected chi connectivity index (χ0v) is 18.9. The van der Waals surface area contributed by atoms with Crippen LogP contribution in [-0.4, -0.2) is 41.2 Å². The second kappa shape index (κ2) is 9.58. The number of pyridine rings is 1. The molecule has 0 radical (unpaired) electrons. The van der Waals surface area contributed by atoms with Crippen LogP contribution in [0.4, 0.5) is 10.5 Å². The van der Waals surface area contributed by atoms with Gasteiger partial charge in [-0.15, -0.1) is 0 Å². The molecule has 2 atom stereocenters. The van der Waals surface area contributed by atoms with Crippen LogP contribution in [-0.2, 0) is 20.7 Å². The second-order valence-electron chi connectivity index (χ2n) is 8.91. The summed E-state index contributed by atoms with van der Waals surface area (Å²) in [7, 11) is 0. The molecule has 2 aliphatic carbocycles. The highest BCUT2D eigenvalue weighted by Crippen LogP contribution is 2.44. The molecule has 3 N–H and O–H groups in total. The van der Waals surface area contributed by atoms with Crippen LogP contribution in [0.15, 0.2) is 66.9 Å². The third-order valence-electron chi connectivity index (χ3n) is 6.56. The van der Waals surface area contributed by atoms with E-state index >= 15 is 0 Å². The minimum atomic E-state index is -0.814. The van der Waals surface area contributed by atoms with E-state index in [2.05, 4.69) is 39.9 Å². The monoisotopic (exact) mass is 471 g/mol. The Kier molecular flexibility index (Phi) is 6.18. The van der Waals surface area contributed by atoms with Gasteiger partial charge in [0.1, 0.15) is 6.61 Å². The molecule has 0 aliphatic heterocycles. The molecule has 2 aromatic carbocycles. The Balaban J connectivity index is 1.11. The fourth-order valence-electron chi connectivity index (χ4n) is 4.60.